The van der Waals surface area contributed by atoms with Crippen molar-refractivity contribution in [3.05, 3.63) is 14.9 Å². The van der Waals surface area contributed by atoms with Crippen LogP contribution in [0.2, 0.25) is 0 Å². The Kier molecular flexibility index (Phi) is 29.4. The molecule has 0 bridgehead atoms. The maximum Gasteiger partial charge on any atom is 2.00 e. The summed E-state index contributed by atoms with van der Waals surface area (Å²) in [5, 5.41) is 30.8. The van der Waals surface area contributed by atoms with Crippen LogP contribution in [-0.2, 0) is 38.7 Å². The summed E-state index contributed by atoms with van der Waals surface area (Å²) in [5.41, 5.74) is 0. The third-order valence-electron chi connectivity index (χ3n) is 0.605. The van der Waals surface area contributed by atoms with E-state index in [9.17, 15) is 19.2 Å². The van der Waals surface area contributed by atoms with Gasteiger partial charge in [0.1, 0.15) is 12.8 Å². The van der Waals surface area contributed by atoms with Crippen molar-refractivity contribution in [1.29, 1.82) is 0 Å². The second-order valence-corrected chi connectivity index (χ2v) is 1.93. The van der Waals surface area contributed by atoms with Crippen LogP contribution in [0.15, 0.2) is 0 Å². The van der Waals surface area contributed by atoms with Crippen molar-refractivity contribution >= 4 is 23.9 Å². The molecular formula is C8H14O8Zn. The number of carboxylic acids is 4. The van der Waals surface area contributed by atoms with Crippen molar-refractivity contribution in [3.63, 3.8) is 0 Å². The van der Waals surface area contributed by atoms with E-state index in [1.54, 1.807) is 0 Å². The molecule has 0 heterocycles. The Bertz CT molecular complexity index is 200. The fourth-order valence-electron chi connectivity index (χ4n) is 0.259. The zero-order valence-electron chi connectivity index (χ0n) is 9.54. The first-order valence-corrected chi connectivity index (χ1v) is 3.13. The number of hydrogen-bond donors (Lipinski definition) is 4. The van der Waals surface area contributed by atoms with Gasteiger partial charge in [0.25, 0.3) is 0 Å². The van der Waals surface area contributed by atoms with Crippen LogP contribution in [0.5, 0.6) is 0 Å². The van der Waals surface area contributed by atoms with Crippen molar-refractivity contribution in [1.82, 2.24) is 0 Å². The monoisotopic (exact) mass is 302 g/mol. The van der Waals surface area contributed by atoms with E-state index in [1.807, 2.05) is 0 Å². The Morgan fingerprint density at radius 2 is 0.706 bits per heavy atom. The summed E-state index contributed by atoms with van der Waals surface area (Å²) in [6.45, 7) is 0. The van der Waals surface area contributed by atoms with Crippen molar-refractivity contribution in [2.45, 2.75) is 12.8 Å². The summed E-state index contributed by atoms with van der Waals surface area (Å²) in [4.78, 5) is 37.7. The summed E-state index contributed by atoms with van der Waals surface area (Å²) < 4.78 is 0. The Labute approximate surface area is 111 Å². The number of hydrogen-bond acceptors (Lipinski definition) is 4. The van der Waals surface area contributed by atoms with Crippen LogP contribution in [0, 0.1) is 14.9 Å². The molecule has 17 heavy (non-hydrogen) atoms. The molecule has 0 aliphatic carbocycles. The van der Waals surface area contributed by atoms with E-state index in [2.05, 4.69) is 0 Å². The minimum absolute atomic E-state index is 0. The van der Waals surface area contributed by atoms with Crippen molar-refractivity contribution in [3.8, 4) is 0 Å². The van der Waals surface area contributed by atoms with Gasteiger partial charge in [-0.15, -0.1) is 0 Å². The molecule has 0 atom stereocenters. The molecule has 0 saturated heterocycles. The fourth-order valence-corrected chi connectivity index (χ4v) is 0.259. The molecule has 0 fully saturated rings. The van der Waals surface area contributed by atoms with Crippen molar-refractivity contribution in [2.75, 3.05) is 0 Å². The molecule has 0 saturated carbocycles. The molecule has 0 aliphatic heterocycles. The molecule has 8 nitrogen and oxygen atoms in total. The SMILES string of the molecule is O=C(O)CC(=O)O.O=C(O)CC(=O)O.[CH3-].[CH3-].[Zn+2]. The normalized spacial score (nSPS) is 6.59. The van der Waals surface area contributed by atoms with E-state index in [0.29, 0.717) is 0 Å². The second-order valence-electron chi connectivity index (χ2n) is 1.93. The molecule has 0 aromatic rings. The number of aliphatic carboxylic acids is 4. The summed E-state index contributed by atoms with van der Waals surface area (Å²) in [5.74, 6) is -5.25. The Balaban J connectivity index is -0.0000000480. The van der Waals surface area contributed by atoms with E-state index < -0.39 is 36.7 Å². The van der Waals surface area contributed by atoms with E-state index in [-0.39, 0.29) is 34.3 Å². The van der Waals surface area contributed by atoms with Crippen LogP contribution in [0.1, 0.15) is 12.8 Å². The number of carbonyl (C=O) groups is 4. The van der Waals surface area contributed by atoms with Crippen LogP contribution in [0.3, 0.4) is 0 Å². The fraction of sp³-hybridized carbons (Fsp3) is 0.250. The molecule has 9 heteroatoms. The quantitative estimate of drug-likeness (QED) is 0.322. The Morgan fingerprint density at radius 1 is 0.588 bits per heavy atom. The van der Waals surface area contributed by atoms with E-state index >= 15 is 0 Å². The molecular weight excluding hydrogens is 289 g/mol. The molecule has 0 amide bonds. The average molecular weight is 304 g/mol. The van der Waals surface area contributed by atoms with Gasteiger partial charge in [0.15, 0.2) is 0 Å². The third kappa shape index (κ3) is 53.6. The second kappa shape index (κ2) is 16.9. The van der Waals surface area contributed by atoms with Crippen molar-refractivity contribution in [2.24, 2.45) is 0 Å². The molecule has 0 radical (unpaired) electrons. The predicted molar refractivity (Wildman–Crippen MR) is 52.6 cm³/mol. The molecule has 0 aromatic carbocycles. The molecule has 0 aromatic heterocycles. The minimum Gasteiger partial charge on any atom is -0.481 e. The van der Waals surface area contributed by atoms with E-state index in [0.717, 1.165) is 0 Å². The predicted octanol–water partition coefficient (Wildman–Crippen LogP) is -0.0105. The van der Waals surface area contributed by atoms with Gasteiger partial charge >= 0.3 is 43.4 Å². The van der Waals surface area contributed by atoms with Gasteiger partial charge in [-0.05, 0) is 0 Å². The van der Waals surface area contributed by atoms with Gasteiger partial charge in [0, 0.05) is 0 Å². The maximum absolute atomic E-state index is 9.43. The van der Waals surface area contributed by atoms with Gasteiger partial charge in [-0.1, -0.05) is 0 Å². The largest absolute Gasteiger partial charge is 2.00 e. The van der Waals surface area contributed by atoms with Gasteiger partial charge in [-0.25, -0.2) is 0 Å². The first kappa shape index (κ1) is 29.6. The van der Waals surface area contributed by atoms with Gasteiger partial charge in [-0.2, -0.15) is 0 Å². The van der Waals surface area contributed by atoms with Gasteiger partial charge in [0.05, 0.1) is 0 Å². The molecule has 0 aliphatic rings. The third-order valence-corrected chi connectivity index (χ3v) is 0.605. The summed E-state index contributed by atoms with van der Waals surface area (Å²) in [6.07, 6.45) is -1.61. The zero-order valence-corrected chi connectivity index (χ0v) is 12.5. The number of rotatable bonds is 4. The van der Waals surface area contributed by atoms with Crippen LogP contribution in [0.4, 0.5) is 0 Å². The number of carboxylic acid groups (broad SMARTS) is 4. The van der Waals surface area contributed by atoms with E-state index in [1.165, 1.54) is 0 Å². The summed E-state index contributed by atoms with van der Waals surface area (Å²) >= 11 is 0. The van der Waals surface area contributed by atoms with Crippen LogP contribution in [-0.4, -0.2) is 44.3 Å². The van der Waals surface area contributed by atoms with Crippen LogP contribution < -0.4 is 0 Å². The smallest absolute Gasteiger partial charge is 0.481 e. The van der Waals surface area contributed by atoms with Gasteiger partial charge in [0.2, 0.25) is 0 Å². The minimum atomic E-state index is -1.31. The van der Waals surface area contributed by atoms with Crippen LogP contribution in [0.25, 0.3) is 0 Å². The first-order chi connectivity index (χ1) is 6.25. The molecule has 0 spiro atoms. The Hall–Kier alpha value is -1.50. The maximum atomic E-state index is 9.43. The molecule has 96 valence electrons. The van der Waals surface area contributed by atoms with E-state index in [4.69, 9.17) is 20.4 Å². The van der Waals surface area contributed by atoms with Crippen LogP contribution >= 0.6 is 0 Å². The average Bonchev–Trinajstić information content (AvgIpc) is 1.79. The summed E-state index contributed by atoms with van der Waals surface area (Å²) in [6, 6.07) is 0. The molecule has 4 N–H and O–H groups in total. The zero-order chi connectivity index (χ0) is 11.7. The first-order valence-electron chi connectivity index (χ1n) is 3.13. The molecule has 0 unspecified atom stereocenters. The summed E-state index contributed by atoms with van der Waals surface area (Å²) in [7, 11) is 0. The topological polar surface area (TPSA) is 149 Å². The molecule has 0 rings (SSSR count). The van der Waals surface area contributed by atoms with Crippen molar-refractivity contribution < 1.29 is 59.1 Å². The standard InChI is InChI=1S/2C3H4O4.2CH3.Zn/c2*4-2(5)1-3(6)7;;;/h2*1H2,(H,4,5)(H,6,7);2*1H3;/q;;2*-1;+2. The Morgan fingerprint density at radius 3 is 0.706 bits per heavy atom. The van der Waals surface area contributed by atoms with Gasteiger partial charge < -0.3 is 35.3 Å². The van der Waals surface area contributed by atoms with Gasteiger partial charge in [-0.3, -0.25) is 19.2 Å².